The summed E-state index contributed by atoms with van der Waals surface area (Å²) in [5, 5.41) is 11.5. The predicted octanol–water partition coefficient (Wildman–Crippen LogP) is 4.17. The van der Waals surface area contributed by atoms with E-state index in [-0.39, 0.29) is 0 Å². The molecule has 0 aliphatic rings. The molecule has 0 radical (unpaired) electrons. The average Bonchev–Trinajstić information content (AvgIpc) is 3.03. The maximum absolute atomic E-state index is 4.69. The molecule has 3 rings (SSSR count). The van der Waals surface area contributed by atoms with Crippen molar-refractivity contribution < 1.29 is 0 Å². The molecule has 5 heteroatoms. The van der Waals surface area contributed by atoms with Gasteiger partial charge in [-0.3, -0.25) is 4.68 Å². The molecular weight excluding hydrogens is 334 g/mol. The van der Waals surface area contributed by atoms with E-state index in [0.29, 0.717) is 0 Å². The molecule has 2 heterocycles. The Kier molecular flexibility index (Phi) is 4.19. The molecule has 0 atom stereocenters. The van der Waals surface area contributed by atoms with E-state index in [1.165, 1.54) is 15.8 Å². The molecule has 20 heavy (non-hydrogen) atoms. The van der Waals surface area contributed by atoms with Crippen LogP contribution in [-0.2, 0) is 19.6 Å². The molecule has 3 aromatic rings. The second-order valence-electron chi connectivity index (χ2n) is 4.61. The van der Waals surface area contributed by atoms with E-state index in [9.17, 15) is 0 Å². The molecule has 0 fully saturated rings. The number of halogens is 1. The van der Waals surface area contributed by atoms with Crippen molar-refractivity contribution in [3.63, 3.8) is 0 Å². The highest BCUT2D eigenvalue weighted by Crippen LogP contribution is 2.20. The number of aryl methyl sites for hydroxylation is 1. The first kappa shape index (κ1) is 13.8. The Bertz CT molecular complexity index is 717. The minimum atomic E-state index is 0.795. The van der Waals surface area contributed by atoms with Gasteiger partial charge in [-0.2, -0.15) is 5.10 Å². The van der Waals surface area contributed by atoms with E-state index >= 15 is 0 Å². The average molecular weight is 350 g/mol. The van der Waals surface area contributed by atoms with Gasteiger partial charge in [-0.15, -0.1) is 11.3 Å². The molecule has 0 saturated heterocycles. The molecule has 0 bridgehead atoms. The smallest absolute Gasteiger partial charge is 0.0841 e. The first-order valence-electron chi connectivity index (χ1n) is 6.66. The summed E-state index contributed by atoms with van der Waals surface area (Å²) in [6.07, 6.45) is 0. The molecule has 0 saturated carbocycles. The van der Waals surface area contributed by atoms with Gasteiger partial charge >= 0.3 is 0 Å². The number of para-hydroxylation sites is 1. The Morgan fingerprint density at radius 3 is 2.90 bits per heavy atom. The van der Waals surface area contributed by atoms with E-state index in [2.05, 4.69) is 68.6 Å². The lowest BCUT2D eigenvalue weighted by Crippen LogP contribution is -2.12. The third-order valence-corrected chi connectivity index (χ3v) is 4.95. The second kappa shape index (κ2) is 6.08. The molecule has 0 aliphatic carbocycles. The van der Waals surface area contributed by atoms with Gasteiger partial charge in [-0.1, -0.05) is 18.2 Å². The Morgan fingerprint density at radius 1 is 1.30 bits per heavy atom. The molecule has 1 aromatic carbocycles. The summed E-state index contributed by atoms with van der Waals surface area (Å²) in [5.74, 6) is 0. The molecule has 0 unspecified atom stereocenters. The fourth-order valence-electron chi connectivity index (χ4n) is 2.32. The second-order valence-corrected chi connectivity index (χ2v) is 6.53. The van der Waals surface area contributed by atoms with Crippen LogP contribution in [0, 0.1) is 0 Å². The molecule has 0 aliphatic heterocycles. The van der Waals surface area contributed by atoms with Crippen LogP contribution in [0.25, 0.3) is 10.9 Å². The van der Waals surface area contributed by atoms with Crippen molar-refractivity contribution in [2.75, 3.05) is 0 Å². The maximum atomic E-state index is 4.69. The first-order chi connectivity index (χ1) is 9.78. The van der Waals surface area contributed by atoms with Gasteiger partial charge in [0.1, 0.15) is 0 Å². The third kappa shape index (κ3) is 2.80. The standard InChI is InChI=1S/C15H16BrN3S/c1-2-19-15-6-4-3-5-13(15)14(18-19)9-17-8-12-7-11(16)10-20-12/h3-7,10,17H,2,8-9H2,1H3. The SMILES string of the molecule is CCn1nc(CNCc2cc(Br)cs2)c2ccccc21. The minimum absolute atomic E-state index is 0.795. The van der Waals surface area contributed by atoms with Crippen molar-refractivity contribution in [3.05, 3.63) is 50.8 Å². The van der Waals surface area contributed by atoms with Gasteiger partial charge in [0, 0.05) is 39.8 Å². The summed E-state index contributed by atoms with van der Waals surface area (Å²) in [6.45, 7) is 4.70. The van der Waals surface area contributed by atoms with Crippen molar-refractivity contribution in [1.29, 1.82) is 0 Å². The zero-order valence-corrected chi connectivity index (χ0v) is 13.7. The quantitative estimate of drug-likeness (QED) is 0.749. The highest BCUT2D eigenvalue weighted by Gasteiger charge is 2.08. The highest BCUT2D eigenvalue weighted by molar-refractivity contribution is 9.10. The van der Waals surface area contributed by atoms with Gasteiger partial charge < -0.3 is 5.32 Å². The summed E-state index contributed by atoms with van der Waals surface area (Å²) in [6, 6.07) is 10.6. The molecule has 1 N–H and O–H groups in total. The molecule has 3 nitrogen and oxygen atoms in total. The van der Waals surface area contributed by atoms with Crippen LogP contribution in [0.2, 0.25) is 0 Å². The van der Waals surface area contributed by atoms with Crippen molar-refractivity contribution in [1.82, 2.24) is 15.1 Å². The highest BCUT2D eigenvalue weighted by atomic mass is 79.9. The summed E-state index contributed by atoms with van der Waals surface area (Å²) in [5.41, 5.74) is 2.34. The lowest BCUT2D eigenvalue weighted by molar-refractivity contribution is 0.634. The maximum Gasteiger partial charge on any atom is 0.0841 e. The van der Waals surface area contributed by atoms with Gasteiger partial charge in [0.05, 0.1) is 11.2 Å². The number of thiophene rings is 1. The molecule has 0 amide bonds. The normalized spacial score (nSPS) is 11.3. The number of hydrogen-bond donors (Lipinski definition) is 1. The number of nitrogens with one attached hydrogen (secondary N) is 1. The van der Waals surface area contributed by atoms with Crippen LogP contribution in [0.5, 0.6) is 0 Å². The molecule has 2 aromatic heterocycles. The molecule has 104 valence electrons. The van der Waals surface area contributed by atoms with Gasteiger partial charge in [0.15, 0.2) is 0 Å². The van der Waals surface area contributed by atoms with Crippen molar-refractivity contribution in [2.24, 2.45) is 0 Å². The van der Waals surface area contributed by atoms with Crippen LogP contribution in [0.1, 0.15) is 17.5 Å². The van der Waals surface area contributed by atoms with Crippen LogP contribution >= 0.6 is 27.3 Å². The number of fused-ring (bicyclic) bond motifs is 1. The van der Waals surface area contributed by atoms with Crippen molar-refractivity contribution in [2.45, 2.75) is 26.6 Å². The van der Waals surface area contributed by atoms with Gasteiger partial charge in [-0.05, 0) is 35.0 Å². The molecular formula is C15H16BrN3S. The van der Waals surface area contributed by atoms with Gasteiger partial charge in [0.2, 0.25) is 0 Å². The topological polar surface area (TPSA) is 29.9 Å². The number of benzene rings is 1. The number of nitrogens with zero attached hydrogens (tertiary/aromatic N) is 2. The fourth-order valence-corrected chi connectivity index (χ4v) is 3.74. The number of rotatable bonds is 5. The van der Waals surface area contributed by atoms with Crippen molar-refractivity contribution >= 4 is 38.2 Å². The summed E-state index contributed by atoms with van der Waals surface area (Å²) < 4.78 is 3.22. The van der Waals surface area contributed by atoms with Crippen LogP contribution < -0.4 is 5.32 Å². The zero-order valence-electron chi connectivity index (χ0n) is 11.3. The van der Waals surface area contributed by atoms with E-state index in [1.807, 2.05) is 0 Å². The predicted molar refractivity (Wildman–Crippen MR) is 88.0 cm³/mol. The first-order valence-corrected chi connectivity index (χ1v) is 8.33. The van der Waals surface area contributed by atoms with E-state index in [1.54, 1.807) is 11.3 Å². The number of hydrogen-bond acceptors (Lipinski definition) is 3. The fraction of sp³-hybridized carbons (Fsp3) is 0.267. The van der Waals surface area contributed by atoms with Crippen LogP contribution in [-0.4, -0.2) is 9.78 Å². The minimum Gasteiger partial charge on any atom is -0.306 e. The van der Waals surface area contributed by atoms with E-state index < -0.39 is 0 Å². The molecule has 0 spiro atoms. The van der Waals surface area contributed by atoms with Crippen LogP contribution in [0.3, 0.4) is 0 Å². The Morgan fingerprint density at radius 2 is 2.15 bits per heavy atom. The zero-order chi connectivity index (χ0) is 13.9. The van der Waals surface area contributed by atoms with Crippen LogP contribution in [0.4, 0.5) is 0 Å². The van der Waals surface area contributed by atoms with Crippen molar-refractivity contribution in [3.8, 4) is 0 Å². The van der Waals surface area contributed by atoms with Gasteiger partial charge in [0.25, 0.3) is 0 Å². The summed E-state index contributed by atoms with van der Waals surface area (Å²) in [4.78, 5) is 1.33. The monoisotopic (exact) mass is 349 g/mol. The third-order valence-electron chi connectivity index (χ3n) is 3.25. The lowest BCUT2D eigenvalue weighted by atomic mass is 10.2. The van der Waals surface area contributed by atoms with Gasteiger partial charge in [-0.25, -0.2) is 0 Å². The van der Waals surface area contributed by atoms with Crippen LogP contribution in [0.15, 0.2) is 40.2 Å². The Labute approximate surface area is 130 Å². The van der Waals surface area contributed by atoms with E-state index in [4.69, 9.17) is 5.10 Å². The Balaban J connectivity index is 1.74. The summed E-state index contributed by atoms with van der Waals surface area (Å²) in [7, 11) is 0. The number of aromatic nitrogens is 2. The van der Waals surface area contributed by atoms with E-state index in [0.717, 1.165) is 29.8 Å². The Hall–Kier alpha value is -1.17. The lowest BCUT2D eigenvalue weighted by Gasteiger charge is -2.00. The summed E-state index contributed by atoms with van der Waals surface area (Å²) >= 11 is 5.24. The largest absolute Gasteiger partial charge is 0.306 e.